The van der Waals surface area contributed by atoms with Crippen LogP contribution in [0.4, 0.5) is 17.6 Å². The Morgan fingerprint density at radius 2 is 1.75 bits per heavy atom. The monoisotopic (exact) mass is 554 g/mol. The highest BCUT2D eigenvalue weighted by Crippen LogP contribution is 2.31. The van der Waals surface area contributed by atoms with Gasteiger partial charge in [-0.05, 0) is 54.1 Å². The first-order valence-electron chi connectivity index (χ1n) is 10.3. The topological polar surface area (TPSA) is 59.8 Å². The maximum Gasteiger partial charge on any atom is 0.416 e. The molecule has 0 radical (unpaired) electrons. The average Bonchev–Trinajstić information content (AvgIpc) is 3.25. The lowest BCUT2D eigenvalue weighted by atomic mass is 10.1. The van der Waals surface area contributed by atoms with E-state index in [0.717, 1.165) is 23.8 Å². The Hall–Kier alpha value is -3.08. The van der Waals surface area contributed by atoms with Crippen molar-refractivity contribution in [1.29, 1.82) is 0 Å². The normalized spacial score (nSPS) is 11.5. The molecular weight excluding hydrogens is 539 g/mol. The molecule has 0 aliphatic heterocycles. The van der Waals surface area contributed by atoms with E-state index in [9.17, 15) is 22.4 Å². The van der Waals surface area contributed by atoms with E-state index in [4.69, 9.17) is 23.2 Å². The summed E-state index contributed by atoms with van der Waals surface area (Å²) in [5, 5.41) is 12.1. The molecule has 3 aromatic carbocycles. The molecule has 0 bridgehead atoms. The van der Waals surface area contributed by atoms with E-state index in [-0.39, 0.29) is 23.7 Å². The van der Waals surface area contributed by atoms with Crippen LogP contribution in [-0.2, 0) is 18.5 Å². The van der Waals surface area contributed by atoms with Crippen LogP contribution in [0.5, 0.6) is 0 Å². The largest absolute Gasteiger partial charge is 0.416 e. The van der Waals surface area contributed by atoms with Crippen LogP contribution in [0.1, 0.15) is 27.3 Å². The van der Waals surface area contributed by atoms with Crippen molar-refractivity contribution in [1.82, 2.24) is 20.1 Å². The van der Waals surface area contributed by atoms with Gasteiger partial charge < -0.3 is 5.32 Å². The summed E-state index contributed by atoms with van der Waals surface area (Å²) in [7, 11) is 0. The van der Waals surface area contributed by atoms with Crippen molar-refractivity contribution in [3.8, 4) is 5.69 Å². The van der Waals surface area contributed by atoms with Gasteiger partial charge in [0.15, 0.2) is 11.0 Å². The average molecular weight is 555 g/mol. The number of carbonyl (C=O) groups excluding carboxylic acids is 1. The van der Waals surface area contributed by atoms with Crippen molar-refractivity contribution in [2.24, 2.45) is 0 Å². The van der Waals surface area contributed by atoms with Crippen LogP contribution in [0.15, 0.2) is 71.9 Å². The van der Waals surface area contributed by atoms with Gasteiger partial charge in [0.1, 0.15) is 5.82 Å². The zero-order valence-corrected chi connectivity index (χ0v) is 20.5. The molecule has 1 aromatic heterocycles. The molecule has 5 nitrogen and oxygen atoms in total. The fourth-order valence-corrected chi connectivity index (χ4v) is 4.52. The Kier molecular flexibility index (Phi) is 7.87. The van der Waals surface area contributed by atoms with Gasteiger partial charge >= 0.3 is 6.18 Å². The van der Waals surface area contributed by atoms with Crippen molar-refractivity contribution in [2.45, 2.75) is 23.6 Å². The molecule has 1 N–H and O–H groups in total. The number of hydrogen-bond acceptors (Lipinski definition) is 4. The minimum absolute atomic E-state index is 0.150. The Morgan fingerprint density at radius 3 is 2.47 bits per heavy atom. The highest BCUT2D eigenvalue weighted by atomic mass is 35.5. The molecule has 36 heavy (non-hydrogen) atoms. The number of thioether (sulfide) groups is 1. The smallest absolute Gasteiger partial charge is 0.345 e. The summed E-state index contributed by atoms with van der Waals surface area (Å²) in [4.78, 5) is 12.6. The lowest BCUT2D eigenvalue weighted by molar-refractivity contribution is -0.137. The van der Waals surface area contributed by atoms with Crippen molar-refractivity contribution in [3.05, 3.63) is 105 Å². The van der Waals surface area contributed by atoms with Crippen molar-refractivity contribution in [3.63, 3.8) is 0 Å². The van der Waals surface area contributed by atoms with Crippen LogP contribution in [0, 0.1) is 5.82 Å². The summed E-state index contributed by atoms with van der Waals surface area (Å²) in [6.45, 7) is -0.151. The molecule has 1 heterocycles. The Bertz CT molecular complexity index is 1390. The number of aromatic nitrogens is 3. The maximum atomic E-state index is 13.2. The van der Waals surface area contributed by atoms with E-state index < -0.39 is 17.6 Å². The zero-order valence-electron chi connectivity index (χ0n) is 18.2. The highest BCUT2D eigenvalue weighted by Gasteiger charge is 2.31. The van der Waals surface area contributed by atoms with Gasteiger partial charge in [0.25, 0.3) is 5.91 Å². The fraction of sp³-hybridized carbons (Fsp3) is 0.125. The molecule has 0 spiro atoms. The molecule has 0 unspecified atom stereocenters. The number of nitrogens with one attached hydrogen (secondary N) is 1. The quantitative estimate of drug-likeness (QED) is 0.198. The summed E-state index contributed by atoms with van der Waals surface area (Å²) in [6, 6.07) is 14.9. The third kappa shape index (κ3) is 6.18. The van der Waals surface area contributed by atoms with E-state index in [1.165, 1.54) is 30.0 Å². The number of hydrogen-bond donors (Lipinski definition) is 1. The number of rotatable bonds is 7. The van der Waals surface area contributed by atoms with E-state index in [0.29, 0.717) is 26.6 Å². The molecule has 186 valence electrons. The molecule has 0 saturated carbocycles. The number of amides is 1. The molecule has 0 saturated heterocycles. The number of benzene rings is 3. The molecule has 1 amide bonds. The zero-order chi connectivity index (χ0) is 25.9. The molecule has 4 rings (SSSR count). The van der Waals surface area contributed by atoms with Crippen LogP contribution in [0.3, 0.4) is 0 Å². The number of alkyl halides is 3. The van der Waals surface area contributed by atoms with Crippen molar-refractivity contribution >= 4 is 40.9 Å². The van der Waals surface area contributed by atoms with Gasteiger partial charge in [-0.3, -0.25) is 9.36 Å². The van der Waals surface area contributed by atoms with E-state index >= 15 is 0 Å². The number of carbonyl (C=O) groups is 1. The molecule has 0 aliphatic carbocycles. The van der Waals surface area contributed by atoms with Gasteiger partial charge in [-0.1, -0.05) is 53.2 Å². The van der Waals surface area contributed by atoms with Crippen LogP contribution >= 0.6 is 35.0 Å². The van der Waals surface area contributed by atoms with Crippen LogP contribution in [0.25, 0.3) is 5.69 Å². The SMILES string of the molecule is O=C(NCc1nnc(SCc2ccc(F)cc2)n1-c1cc(Cl)ccc1Cl)c1cccc(C(F)(F)F)c1. The van der Waals surface area contributed by atoms with E-state index in [2.05, 4.69) is 15.5 Å². The predicted molar refractivity (Wildman–Crippen MR) is 130 cm³/mol. The lowest BCUT2D eigenvalue weighted by Crippen LogP contribution is -2.25. The van der Waals surface area contributed by atoms with Gasteiger partial charge in [0.05, 0.1) is 22.8 Å². The summed E-state index contributed by atoms with van der Waals surface area (Å²) >= 11 is 13.9. The Balaban J connectivity index is 1.60. The van der Waals surface area contributed by atoms with Gasteiger partial charge in [0, 0.05) is 16.3 Å². The van der Waals surface area contributed by atoms with Crippen LogP contribution < -0.4 is 5.32 Å². The first-order valence-corrected chi connectivity index (χ1v) is 12.1. The van der Waals surface area contributed by atoms with Gasteiger partial charge in [-0.25, -0.2) is 4.39 Å². The molecular formula is C24H16Cl2F4N4OS. The van der Waals surface area contributed by atoms with Gasteiger partial charge in [0.2, 0.25) is 0 Å². The maximum absolute atomic E-state index is 13.2. The Morgan fingerprint density at radius 1 is 1.00 bits per heavy atom. The first-order chi connectivity index (χ1) is 17.1. The van der Waals surface area contributed by atoms with Crippen molar-refractivity contribution < 1.29 is 22.4 Å². The second kappa shape index (κ2) is 10.9. The van der Waals surface area contributed by atoms with Gasteiger partial charge in [-0.2, -0.15) is 13.2 Å². The van der Waals surface area contributed by atoms with Crippen molar-refractivity contribution in [2.75, 3.05) is 0 Å². The predicted octanol–water partition coefficient (Wildman–Crippen LogP) is 6.95. The third-order valence-corrected chi connectivity index (χ3v) is 6.54. The van der Waals surface area contributed by atoms with Gasteiger partial charge in [-0.15, -0.1) is 10.2 Å². The summed E-state index contributed by atoms with van der Waals surface area (Å²) in [5.74, 6) is -0.349. The highest BCUT2D eigenvalue weighted by molar-refractivity contribution is 7.98. The molecule has 4 aromatic rings. The van der Waals surface area contributed by atoms with Crippen LogP contribution in [0.2, 0.25) is 10.0 Å². The molecule has 0 aliphatic rings. The fourth-order valence-electron chi connectivity index (χ4n) is 3.23. The standard InChI is InChI=1S/C24H16Cl2F4N4OS/c25-17-6-9-19(26)20(11-17)34-21(32-33-23(34)36-13-14-4-7-18(27)8-5-14)12-31-22(35)15-2-1-3-16(10-15)24(28,29)30/h1-11H,12-13H2,(H,31,35). The Labute approximate surface area is 217 Å². The van der Waals surface area contributed by atoms with Crippen LogP contribution in [-0.4, -0.2) is 20.7 Å². The number of nitrogens with zero attached hydrogens (tertiary/aromatic N) is 3. The minimum atomic E-state index is -4.57. The number of halogens is 6. The van der Waals surface area contributed by atoms with E-state index in [1.807, 2.05) is 0 Å². The second-order valence-electron chi connectivity index (χ2n) is 7.51. The molecule has 0 fully saturated rings. The summed E-state index contributed by atoms with van der Waals surface area (Å²) < 4.78 is 53.9. The second-order valence-corrected chi connectivity index (χ2v) is 9.29. The van der Waals surface area contributed by atoms with E-state index in [1.54, 1.807) is 34.9 Å². The summed E-state index contributed by atoms with van der Waals surface area (Å²) in [6.07, 6.45) is -4.57. The first kappa shape index (κ1) is 26.0. The third-order valence-electron chi connectivity index (χ3n) is 4.99. The lowest BCUT2D eigenvalue weighted by Gasteiger charge is -2.13. The molecule has 12 heteroatoms. The molecule has 0 atom stereocenters. The summed E-state index contributed by atoms with van der Waals surface area (Å²) in [5.41, 5.74) is 0.220. The minimum Gasteiger partial charge on any atom is -0.345 e.